The first kappa shape index (κ1) is 13.9. The number of hydrogen-bond acceptors (Lipinski definition) is 2. The molecule has 0 heterocycles. The fourth-order valence-corrected chi connectivity index (χ4v) is 1.54. The highest BCUT2D eigenvalue weighted by Gasteiger charge is 2.31. The summed E-state index contributed by atoms with van der Waals surface area (Å²) < 4.78 is 55.7. The van der Waals surface area contributed by atoms with Crippen LogP contribution < -0.4 is 4.74 Å². The average molecular weight is 281 g/mol. The Balaban J connectivity index is 2.36. The Morgan fingerprint density at radius 3 is 2.40 bits per heavy atom. The van der Waals surface area contributed by atoms with Gasteiger partial charge in [0.2, 0.25) is 0 Å². The number of nitriles is 1. The zero-order chi connectivity index (χ0) is 14.8. The molecule has 2 aromatic rings. The van der Waals surface area contributed by atoms with Crippen molar-refractivity contribution in [1.82, 2.24) is 0 Å². The minimum Gasteiger partial charge on any atom is -0.456 e. The molecule has 0 aromatic heterocycles. The molecule has 0 N–H and O–H groups in total. The van der Waals surface area contributed by atoms with Crippen molar-refractivity contribution in [2.45, 2.75) is 6.18 Å². The molecular formula is C14H7F4NO. The van der Waals surface area contributed by atoms with Crippen molar-refractivity contribution in [3.8, 4) is 17.6 Å². The predicted molar refractivity (Wildman–Crippen MR) is 62.6 cm³/mol. The second-order valence-electron chi connectivity index (χ2n) is 3.88. The lowest BCUT2D eigenvalue weighted by atomic mass is 10.1. The van der Waals surface area contributed by atoms with Gasteiger partial charge >= 0.3 is 6.18 Å². The molecule has 0 unspecified atom stereocenters. The van der Waals surface area contributed by atoms with Gasteiger partial charge in [-0.1, -0.05) is 6.07 Å². The van der Waals surface area contributed by atoms with E-state index in [-0.39, 0.29) is 17.1 Å². The standard InChI is InChI=1S/C14H7F4NO/c15-11-2-1-3-12(7-11)20-13-5-4-10(14(16,17)18)6-9(13)8-19/h1-7H. The van der Waals surface area contributed by atoms with Crippen LogP contribution in [0.5, 0.6) is 11.5 Å². The summed E-state index contributed by atoms with van der Waals surface area (Å²) in [6.07, 6.45) is -4.54. The van der Waals surface area contributed by atoms with Crippen LogP contribution >= 0.6 is 0 Å². The summed E-state index contributed by atoms with van der Waals surface area (Å²) in [4.78, 5) is 0. The van der Waals surface area contributed by atoms with Gasteiger partial charge in [0.25, 0.3) is 0 Å². The van der Waals surface area contributed by atoms with Gasteiger partial charge in [0.15, 0.2) is 0 Å². The van der Waals surface area contributed by atoms with Crippen LogP contribution in [0.4, 0.5) is 17.6 Å². The van der Waals surface area contributed by atoms with Crippen LogP contribution in [0.15, 0.2) is 42.5 Å². The Morgan fingerprint density at radius 1 is 1.05 bits per heavy atom. The molecule has 2 aromatic carbocycles. The van der Waals surface area contributed by atoms with Gasteiger partial charge in [-0.05, 0) is 30.3 Å². The number of nitrogens with zero attached hydrogens (tertiary/aromatic N) is 1. The Labute approximate surface area is 111 Å². The quantitative estimate of drug-likeness (QED) is 0.759. The normalized spacial score (nSPS) is 10.9. The lowest BCUT2D eigenvalue weighted by Crippen LogP contribution is -2.05. The van der Waals surface area contributed by atoms with Gasteiger partial charge < -0.3 is 4.74 Å². The molecular weight excluding hydrogens is 274 g/mol. The molecule has 0 saturated heterocycles. The molecule has 0 radical (unpaired) electrons. The van der Waals surface area contributed by atoms with Crippen LogP contribution in [-0.4, -0.2) is 0 Å². The van der Waals surface area contributed by atoms with Crippen molar-refractivity contribution in [2.75, 3.05) is 0 Å². The van der Waals surface area contributed by atoms with Gasteiger partial charge in [-0.25, -0.2) is 4.39 Å². The molecule has 0 bridgehead atoms. The number of ether oxygens (including phenoxy) is 1. The second-order valence-corrected chi connectivity index (χ2v) is 3.88. The monoisotopic (exact) mass is 281 g/mol. The van der Waals surface area contributed by atoms with Crippen molar-refractivity contribution in [2.24, 2.45) is 0 Å². The number of halogens is 4. The van der Waals surface area contributed by atoms with E-state index in [4.69, 9.17) is 10.00 Å². The summed E-state index contributed by atoms with van der Waals surface area (Å²) in [6.45, 7) is 0. The first-order chi connectivity index (χ1) is 9.40. The van der Waals surface area contributed by atoms with Gasteiger partial charge in [-0.2, -0.15) is 18.4 Å². The van der Waals surface area contributed by atoms with E-state index in [0.29, 0.717) is 6.07 Å². The van der Waals surface area contributed by atoms with Gasteiger partial charge in [0, 0.05) is 6.07 Å². The molecule has 0 aliphatic rings. The van der Waals surface area contributed by atoms with E-state index in [1.807, 2.05) is 0 Å². The van der Waals surface area contributed by atoms with Crippen LogP contribution in [0.3, 0.4) is 0 Å². The summed E-state index contributed by atoms with van der Waals surface area (Å²) >= 11 is 0. The zero-order valence-electron chi connectivity index (χ0n) is 9.91. The van der Waals surface area contributed by atoms with E-state index in [1.54, 1.807) is 6.07 Å². The minimum absolute atomic E-state index is 0.0638. The average Bonchev–Trinajstić information content (AvgIpc) is 2.38. The third kappa shape index (κ3) is 3.06. The first-order valence-electron chi connectivity index (χ1n) is 5.45. The number of alkyl halides is 3. The second kappa shape index (κ2) is 5.21. The molecule has 0 saturated carbocycles. The molecule has 0 aliphatic heterocycles. The molecule has 6 heteroatoms. The van der Waals surface area contributed by atoms with E-state index in [9.17, 15) is 17.6 Å². The Morgan fingerprint density at radius 2 is 1.80 bits per heavy atom. The van der Waals surface area contributed by atoms with E-state index in [2.05, 4.69) is 0 Å². The summed E-state index contributed by atoms with van der Waals surface area (Å²) in [7, 11) is 0. The summed E-state index contributed by atoms with van der Waals surface area (Å²) in [5.74, 6) is -0.514. The molecule has 0 atom stereocenters. The van der Waals surface area contributed by atoms with Crippen LogP contribution in [0.2, 0.25) is 0 Å². The predicted octanol–water partition coefficient (Wildman–Crippen LogP) is 4.51. The van der Waals surface area contributed by atoms with Crippen LogP contribution in [-0.2, 0) is 6.18 Å². The van der Waals surface area contributed by atoms with E-state index >= 15 is 0 Å². The highest BCUT2D eigenvalue weighted by molar-refractivity contribution is 5.48. The summed E-state index contributed by atoms with van der Waals surface area (Å²) in [5, 5.41) is 8.87. The minimum atomic E-state index is -4.54. The highest BCUT2D eigenvalue weighted by atomic mass is 19.4. The highest BCUT2D eigenvalue weighted by Crippen LogP contribution is 2.33. The first-order valence-corrected chi connectivity index (χ1v) is 5.45. The molecule has 0 fully saturated rings. The summed E-state index contributed by atoms with van der Waals surface area (Å²) in [6, 6.07) is 9.24. The van der Waals surface area contributed by atoms with Crippen LogP contribution in [0.25, 0.3) is 0 Å². The number of hydrogen-bond donors (Lipinski definition) is 0. The maximum absolute atomic E-state index is 13.0. The molecule has 0 aliphatic carbocycles. The molecule has 102 valence electrons. The zero-order valence-corrected chi connectivity index (χ0v) is 9.91. The van der Waals surface area contributed by atoms with Crippen molar-refractivity contribution in [3.05, 3.63) is 59.4 Å². The maximum Gasteiger partial charge on any atom is 0.416 e. The maximum atomic E-state index is 13.0. The summed E-state index contributed by atoms with van der Waals surface area (Å²) in [5.41, 5.74) is -1.22. The van der Waals surface area contributed by atoms with Gasteiger partial charge in [-0.15, -0.1) is 0 Å². The molecule has 0 amide bonds. The molecule has 0 spiro atoms. The van der Waals surface area contributed by atoms with Gasteiger partial charge in [0.1, 0.15) is 23.4 Å². The fourth-order valence-electron chi connectivity index (χ4n) is 1.54. The molecule has 2 rings (SSSR count). The molecule has 20 heavy (non-hydrogen) atoms. The third-order valence-electron chi connectivity index (χ3n) is 2.45. The molecule has 2 nitrogen and oxygen atoms in total. The van der Waals surface area contributed by atoms with Crippen molar-refractivity contribution < 1.29 is 22.3 Å². The number of rotatable bonds is 2. The topological polar surface area (TPSA) is 33.0 Å². The van der Waals surface area contributed by atoms with Crippen molar-refractivity contribution >= 4 is 0 Å². The van der Waals surface area contributed by atoms with Gasteiger partial charge in [-0.3, -0.25) is 0 Å². The van der Waals surface area contributed by atoms with Gasteiger partial charge in [0.05, 0.1) is 11.1 Å². The van der Waals surface area contributed by atoms with Crippen molar-refractivity contribution in [1.29, 1.82) is 5.26 Å². The Kier molecular flexibility index (Phi) is 3.61. The SMILES string of the molecule is N#Cc1cc(C(F)(F)F)ccc1Oc1cccc(F)c1. The van der Waals surface area contributed by atoms with E-state index in [0.717, 1.165) is 18.2 Å². The Hall–Kier alpha value is -2.55. The smallest absolute Gasteiger partial charge is 0.416 e. The Bertz CT molecular complexity index is 674. The van der Waals surface area contributed by atoms with Crippen LogP contribution in [0, 0.1) is 17.1 Å². The van der Waals surface area contributed by atoms with Crippen LogP contribution in [0.1, 0.15) is 11.1 Å². The van der Waals surface area contributed by atoms with E-state index in [1.165, 1.54) is 18.2 Å². The van der Waals surface area contributed by atoms with Crippen molar-refractivity contribution in [3.63, 3.8) is 0 Å². The third-order valence-corrected chi connectivity index (χ3v) is 2.45. The fraction of sp³-hybridized carbons (Fsp3) is 0.0714. The lowest BCUT2D eigenvalue weighted by molar-refractivity contribution is -0.137. The number of benzene rings is 2. The largest absolute Gasteiger partial charge is 0.456 e. The lowest BCUT2D eigenvalue weighted by Gasteiger charge is -2.11. The van der Waals surface area contributed by atoms with E-state index < -0.39 is 17.6 Å².